The van der Waals surface area contributed by atoms with Crippen molar-refractivity contribution in [3.05, 3.63) is 182 Å². The fourth-order valence-corrected chi connectivity index (χ4v) is 8.46. The smallest absolute Gasteiger partial charge is 0.306 e. The van der Waals surface area contributed by atoms with E-state index in [4.69, 9.17) is 14.2 Å². The third kappa shape index (κ3) is 67.2. The van der Waals surface area contributed by atoms with Crippen LogP contribution in [0, 0.1) is 0 Å². The Bertz CT molecular complexity index is 1940. The highest BCUT2D eigenvalue weighted by Gasteiger charge is 2.19. The Labute approximate surface area is 510 Å². The number of ether oxygens (including phenoxy) is 3. The number of hydrogen-bond donors (Lipinski definition) is 0. The molecule has 0 aromatic rings. The van der Waals surface area contributed by atoms with Gasteiger partial charge in [0, 0.05) is 19.3 Å². The Hall–Kier alpha value is -5.49. The van der Waals surface area contributed by atoms with E-state index in [0.717, 1.165) is 186 Å². The first-order valence-electron chi connectivity index (χ1n) is 33.3. The van der Waals surface area contributed by atoms with Gasteiger partial charge in [-0.3, -0.25) is 14.4 Å². The van der Waals surface area contributed by atoms with Crippen LogP contribution in [0.5, 0.6) is 0 Å². The Morgan fingerprint density at radius 3 is 0.735 bits per heavy atom. The standard InChI is InChI=1S/C77H120O6/c1-4-7-10-13-16-19-22-25-28-31-33-34-35-36-37-38-39-40-41-42-44-46-49-52-55-58-61-64-67-70-76(79)82-73-74(72-81-75(78)69-66-63-60-57-54-51-48-45-30-27-24-21-18-15-12-9-6-3)83-77(80)71-68-65-62-59-56-53-50-47-43-32-29-26-23-20-17-14-11-8-5-2/h7,9-10,12,16-21,25-30,33-34,36-37,39-40,42-44,47-49,51-52,74H,4-6,8,11,13-15,22-24,31-32,35,38,41,45-46,50,53-73H2,1-3H3/b10-7-,12-9-,19-16-,20-17-,21-18-,28-25-,29-26-,30-27-,34-33-,37-36-,40-39-,44-42-,47-43-,51-48-,52-49-. The summed E-state index contributed by atoms with van der Waals surface area (Å²) in [5.41, 5.74) is 0. The van der Waals surface area contributed by atoms with Crippen LogP contribution in [0.15, 0.2) is 182 Å². The third-order valence-corrected chi connectivity index (χ3v) is 13.4. The number of hydrogen-bond acceptors (Lipinski definition) is 6. The molecule has 1 unspecified atom stereocenters. The molecule has 0 saturated heterocycles. The molecule has 0 radical (unpaired) electrons. The zero-order valence-corrected chi connectivity index (χ0v) is 53.1. The molecule has 0 fully saturated rings. The van der Waals surface area contributed by atoms with Crippen molar-refractivity contribution in [2.45, 2.75) is 271 Å². The van der Waals surface area contributed by atoms with Gasteiger partial charge in [0.2, 0.25) is 0 Å². The third-order valence-electron chi connectivity index (χ3n) is 13.4. The Morgan fingerprint density at radius 1 is 0.253 bits per heavy atom. The van der Waals surface area contributed by atoms with E-state index >= 15 is 0 Å². The van der Waals surface area contributed by atoms with Crippen LogP contribution in [0.25, 0.3) is 0 Å². The average Bonchev–Trinajstić information content (AvgIpc) is 3.49. The first kappa shape index (κ1) is 77.5. The Balaban J connectivity index is 4.51. The Kier molecular flexibility index (Phi) is 64.4. The number of esters is 3. The predicted molar refractivity (Wildman–Crippen MR) is 361 cm³/mol. The molecule has 0 heterocycles. The van der Waals surface area contributed by atoms with Gasteiger partial charge in [-0.1, -0.05) is 267 Å². The van der Waals surface area contributed by atoms with Crippen LogP contribution < -0.4 is 0 Å². The second-order valence-electron chi connectivity index (χ2n) is 21.3. The van der Waals surface area contributed by atoms with Gasteiger partial charge in [-0.05, 0) is 161 Å². The molecule has 83 heavy (non-hydrogen) atoms. The van der Waals surface area contributed by atoms with Crippen LogP contribution in [0.1, 0.15) is 265 Å². The van der Waals surface area contributed by atoms with Gasteiger partial charge in [0.1, 0.15) is 13.2 Å². The summed E-state index contributed by atoms with van der Waals surface area (Å²) in [7, 11) is 0. The number of carbonyl (C=O) groups is 3. The van der Waals surface area contributed by atoms with E-state index in [-0.39, 0.29) is 31.1 Å². The van der Waals surface area contributed by atoms with Gasteiger partial charge in [0.25, 0.3) is 0 Å². The topological polar surface area (TPSA) is 78.9 Å². The first-order valence-corrected chi connectivity index (χ1v) is 33.3. The summed E-state index contributed by atoms with van der Waals surface area (Å²) >= 11 is 0. The lowest BCUT2D eigenvalue weighted by molar-refractivity contribution is -0.167. The largest absolute Gasteiger partial charge is 0.462 e. The molecule has 0 saturated carbocycles. The van der Waals surface area contributed by atoms with Gasteiger partial charge >= 0.3 is 17.9 Å². The van der Waals surface area contributed by atoms with Crippen LogP contribution in [-0.4, -0.2) is 37.2 Å². The molecule has 0 rings (SSSR count). The molecule has 0 aliphatic rings. The number of carbonyl (C=O) groups excluding carboxylic acids is 3. The van der Waals surface area contributed by atoms with E-state index in [1.54, 1.807) is 0 Å². The summed E-state index contributed by atoms with van der Waals surface area (Å²) in [6.45, 7) is 6.33. The van der Waals surface area contributed by atoms with Crippen LogP contribution in [0.4, 0.5) is 0 Å². The summed E-state index contributed by atoms with van der Waals surface area (Å²) < 4.78 is 16.9. The minimum Gasteiger partial charge on any atom is -0.462 e. The van der Waals surface area contributed by atoms with Crippen molar-refractivity contribution < 1.29 is 28.6 Å². The summed E-state index contributed by atoms with van der Waals surface area (Å²) in [4.78, 5) is 38.4. The van der Waals surface area contributed by atoms with Crippen LogP contribution in [0.2, 0.25) is 0 Å². The average molecular weight is 1140 g/mol. The number of unbranched alkanes of at least 4 members (excludes halogenated alkanes) is 17. The molecule has 0 aliphatic heterocycles. The maximum atomic E-state index is 12.9. The quantitative estimate of drug-likeness (QED) is 0.0261. The van der Waals surface area contributed by atoms with Crippen LogP contribution in [-0.2, 0) is 28.6 Å². The maximum absolute atomic E-state index is 12.9. The summed E-state index contributed by atoms with van der Waals surface area (Å²) in [5, 5.41) is 0. The van der Waals surface area contributed by atoms with Crippen molar-refractivity contribution in [3.63, 3.8) is 0 Å². The second kappa shape index (κ2) is 69.0. The van der Waals surface area contributed by atoms with Crippen LogP contribution in [0.3, 0.4) is 0 Å². The van der Waals surface area contributed by atoms with Gasteiger partial charge in [0.15, 0.2) is 6.10 Å². The van der Waals surface area contributed by atoms with E-state index in [1.165, 1.54) is 38.5 Å². The molecule has 0 aromatic carbocycles. The molecule has 0 amide bonds. The zero-order chi connectivity index (χ0) is 59.9. The summed E-state index contributed by atoms with van der Waals surface area (Å²) in [5.74, 6) is -0.978. The molecular formula is C77H120O6. The van der Waals surface area contributed by atoms with E-state index in [0.29, 0.717) is 19.3 Å². The Morgan fingerprint density at radius 2 is 0.470 bits per heavy atom. The van der Waals surface area contributed by atoms with Crippen molar-refractivity contribution in [2.75, 3.05) is 13.2 Å². The highest BCUT2D eigenvalue weighted by atomic mass is 16.6. The van der Waals surface area contributed by atoms with Gasteiger partial charge in [-0.2, -0.15) is 0 Å². The van der Waals surface area contributed by atoms with Crippen molar-refractivity contribution in [1.29, 1.82) is 0 Å². The normalized spacial score (nSPS) is 13.3. The van der Waals surface area contributed by atoms with E-state index < -0.39 is 6.10 Å². The maximum Gasteiger partial charge on any atom is 0.306 e. The van der Waals surface area contributed by atoms with Crippen LogP contribution >= 0.6 is 0 Å². The molecule has 0 aromatic heterocycles. The van der Waals surface area contributed by atoms with Gasteiger partial charge < -0.3 is 14.2 Å². The predicted octanol–water partition coefficient (Wildman–Crippen LogP) is 23.2. The van der Waals surface area contributed by atoms with E-state index in [1.807, 2.05) is 0 Å². The fraction of sp³-hybridized carbons (Fsp3) is 0.571. The molecule has 6 heteroatoms. The first-order chi connectivity index (χ1) is 41.0. The fourth-order valence-electron chi connectivity index (χ4n) is 8.46. The summed E-state index contributed by atoms with van der Waals surface area (Å²) in [6.07, 6.45) is 103. The van der Waals surface area contributed by atoms with Crippen molar-refractivity contribution in [1.82, 2.24) is 0 Å². The van der Waals surface area contributed by atoms with E-state index in [9.17, 15) is 14.4 Å². The highest BCUT2D eigenvalue weighted by molar-refractivity contribution is 5.71. The zero-order valence-electron chi connectivity index (χ0n) is 53.1. The molecule has 0 spiro atoms. The number of rotatable bonds is 58. The van der Waals surface area contributed by atoms with Gasteiger partial charge in [0.05, 0.1) is 0 Å². The molecule has 0 aliphatic carbocycles. The van der Waals surface area contributed by atoms with E-state index in [2.05, 4.69) is 203 Å². The molecule has 0 N–H and O–H groups in total. The van der Waals surface area contributed by atoms with Crippen molar-refractivity contribution in [3.8, 4) is 0 Å². The molecular weight excluding hydrogens is 1020 g/mol. The minimum atomic E-state index is -0.819. The van der Waals surface area contributed by atoms with Crippen molar-refractivity contribution >= 4 is 17.9 Å². The number of allylic oxidation sites excluding steroid dienone is 30. The van der Waals surface area contributed by atoms with Crippen molar-refractivity contribution in [2.24, 2.45) is 0 Å². The molecule has 0 bridgehead atoms. The van der Waals surface area contributed by atoms with Gasteiger partial charge in [-0.25, -0.2) is 0 Å². The minimum absolute atomic E-state index is 0.113. The second-order valence-corrected chi connectivity index (χ2v) is 21.3. The van der Waals surface area contributed by atoms with Gasteiger partial charge in [-0.15, -0.1) is 0 Å². The molecule has 6 nitrogen and oxygen atoms in total. The highest BCUT2D eigenvalue weighted by Crippen LogP contribution is 2.13. The monoisotopic (exact) mass is 1140 g/mol. The lowest BCUT2D eigenvalue weighted by Crippen LogP contribution is -2.30. The lowest BCUT2D eigenvalue weighted by Gasteiger charge is -2.18. The lowest BCUT2D eigenvalue weighted by atomic mass is 10.1. The molecule has 1 atom stereocenters. The SMILES string of the molecule is CC/C=C\C/C=C\C/C=C\C/C=C\C/C=C\C/C=C\C/C=C\C/C=C\CCCCCCC(=O)OCC(COC(=O)CCCCCC/C=C\C/C=C\C/C=C\C/C=C\CC)OC(=O)CCCCCCCC/C=C\C/C=C\C/C=C\CCCCC. The summed E-state index contributed by atoms with van der Waals surface area (Å²) in [6, 6.07) is 0. The molecule has 464 valence electrons.